The lowest BCUT2D eigenvalue weighted by molar-refractivity contribution is 0.0531. The number of aromatic nitrogens is 1. The minimum atomic E-state index is -0.271. The highest BCUT2D eigenvalue weighted by molar-refractivity contribution is 7.08. The molecule has 1 aromatic rings. The number of hydrogen-bond acceptors (Lipinski definition) is 4. The Hall–Kier alpha value is -0.900. The predicted octanol–water partition coefficient (Wildman–Crippen LogP) is 1.63. The Morgan fingerprint density at radius 3 is 3.00 bits per heavy atom. The molecule has 0 aliphatic heterocycles. The molecule has 0 aromatic carbocycles. The summed E-state index contributed by atoms with van der Waals surface area (Å²) in [6, 6.07) is 0. The second kappa shape index (κ2) is 3.48. The second-order valence-electron chi connectivity index (χ2n) is 2.06. The van der Waals surface area contributed by atoms with E-state index < -0.39 is 0 Å². The van der Waals surface area contributed by atoms with E-state index in [-0.39, 0.29) is 5.97 Å². The van der Waals surface area contributed by atoms with Crippen LogP contribution in [0.4, 0.5) is 0 Å². The van der Waals surface area contributed by atoms with Crippen LogP contribution < -0.4 is 0 Å². The SMILES string of the molecule is CCOC(=O)c1sncc1C. The maximum absolute atomic E-state index is 11.1. The molecule has 0 saturated heterocycles. The molecule has 0 unspecified atom stereocenters. The third-order valence-corrected chi connectivity index (χ3v) is 2.09. The van der Waals surface area contributed by atoms with Crippen LogP contribution in [0.1, 0.15) is 22.2 Å². The summed E-state index contributed by atoms with van der Waals surface area (Å²) in [5.74, 6) is -0.271. The normalized spacial score (nSPS) is 9.64. The van der Waals surface area contributed by atoms with Crippen LogP contribution in [0.5, 0.6) is 0 Å². The Morgan fingerprint density at radius 2 is 2.55 bits per heavy atom. The summed E-state index contributed by atoms with van der Waals surface area (Å²) in [5, 5.41) is 0. The van der Waals surface area contributed by atoms with Gasteiger partial charge in [-0.25, -0.2) is 9.17 Å². The van der Waals surface area contributed by atoms with Gasteiger partial charge in [-0.05, 0) is 30.9 Å². The van der Waals surface area contributed by atoms with E-state index in [1.54, 1.807) is 13.1 Å². The van der Waals surface area contributed by atoms with Crippen molar-refractivity contribution in [3.8, 4) is 0 Å². The first-order valence-electron chi connectivity index (χ1n) is 3.34. The smallest absolute Gasteiger partial charge is 0.350 e. The molecule has 0 saturated carbocycles. The summed E-state index contributed by atoms with van der Waals surface area (Å²) >= 11 is 1.17. The van der Waals surface area contributed by atoms with Crippen LogP contribution in [-0.4, -0.2) is 16.9 Å². The number of carbonyl (C=O) groups is 1. The van der Waals surface area contributed by atoms with Gasteiger partial charge in [0, 0.05) is 6.20 Å². The first-order chi connectivity index (χ1) is 5.25. The van der Waals surface area contributed by atoms with E-state index in [0.29, 0.717) is 11.5 Å². The first-order valence-corrected chi connectivity index (χ1v) is 4.11. The monoisotopic (exact) mass is 171 g/mol. The van der Waals surface area contributed by atoms with Crippen molar-refractivity contribution in [3.63, 3.8) is 0 Å². The molecule has 0 aliphatic carbocycles. The van der Waals surface area contributed by atoms with Crippen LogP contribution in [0.2, 0.25) is 0 Å². The highest BCUT2D eigenvalue weighted by Gasteiger charge is 2.11. The van der Waals surface area contributed by atoms with Crippen LogP contribution in [0.3, 0.4) is 0 Å². The van der Waals surface area contributed by atoms with Crippen molar-refractivity contribution in [3.05, 3.63) is 16.6 Å². The maximum Gasteiger partial charge on any atom is 0.350 e. The minimum absolute atomic E-state index is 0.271. The summed E-state index contributed by atoms with van der Waals surface area (Å²) in [4.78, 5) is 11.7. The third-order valence-electron chi connectivity index (χ3n) is 1.21. The molecule has 11 heavy (non-hydrogen) atoms. The lowest BCUT2D eigenvalue weighted by Crippen LogP contribution is -2.03. The third kappa shape index (κ3) is 1.77. The van der Waals surface area contributed by atoms with E-state index in [0.717, 1.165) is 5.56 Å². The van der Waals surface area contributed by atoms with Crippen LogP contribution in [0, 0.1) is 6.92 Å². The predicted molar refractivity (Wildman–Crippen MR) is 42.8 cm³/mol. The van der Waals surface area contributed by atoms with Gasteiger partial charge in [0.05, 0.1) is 6.61 Å². The van der Waals surface area contributed by atoms with Crippen molar-refractivity contribution in [2.75, 3.05) is 6.61 Å². The number of nitrogens with zero attached hydrogens (tertiary/aromatic N) is 1. The molecule has 3 nitrogen and oxygen atoms in total. The summed E-state index contributed by atoms with van der Waals surface area (Å²) in [6.45, 7) is 4.04. The van der Waals surface area contributed by atoms with Crippen molar-refractivity contribution in [2.45, 2.75) is 13.8 Å². The summed E-state index contributed by atoms with van der Waals surface area (Å²) in [5.41, 5.74) is 0.883. The summed E-state index contributed by atoms with van der Waals surface area (Å²) in [6.07, 6.45) is 1.66. The van der Waals surface area contributed by atoms with Gasteiger partial charge in [0.15, 0.2) is 0 Å². The Kier molecular flexibility index (Phi) is 2.59. The molecule has 4 heteroatoms. The van der Waals surface area contributed by atoms with E-state index in [1.807, 2.05) is 6.92 Å². The first kappa shape index (κ1) is 8.20. The zero-order chi connectivity index (χ0) is 8.27. The molecule has 0 atom stereocenters. The summed E-state index contributed by atoms with van der Waals surface area (Å²) in [7, 11) is 0. The van der Waals surface area contributed by atoms with Gasteiger partial charge in [-0.15, -0.1) is 0 Å². The number of esters is 1. The zero-order valence-electron chi connectivity index (χ0n) is 6.46. The van der Waals surface area contributed by atoms with E-state index in [2.05, 4.69) is 4.37 Å². The van der Waals surface area contributed by atoms with Crippen LogP contribution in [0.25, 0.3) is 0 Å². The van der Waals surface area contributed by atoms with E-state index >= 15 is 0 Å². The largest absolute Gasteiger partial charge is 0.462 e. The van der Waals surface area contributed by atoms with Crippen molar-refractivity contribution in [1.29, 1.82) is 0 Å². The quantitative estimate of drug-likeness (QED) is 0.635. The van der Waals surface area contributed by atoms with Gasteiger partial charge in [0.25, 0.3) is 0 Å². The fourth-order valence-electron chi connectivity index (χ4n) is 0.684. The molecule has 0 spiro atoms. The van der Waals surface area contributed by atoms with Gasteiger partial charge >= 0.3 is 5.97 Å². The van der Waals surface area contributed by atoms with E-state index in [9.17, 15) is 4.79 Å². The van der Waals surface area contributed by atoms with Crippen molar-refractivity contribution in [1.82, 2.24) is 4.37 Å². The Bertz CT molecular complexity index is 257. The number of hydrogen-bond donors (Lipinski definition) is 0. The molecule has 0 aliphatic rings. The van der Waals surface area contributed by atoms with Gasteiger partial charge in [0.1, 0.15) is 4.88 Å². The van der Waals surface area contributed by atoms with Gasteiger partial charge in [-0.2, -0.15) is 0 Å². The van der Waals surface area contributed by atoms with Crippen LogP contribution in [-0.2, 0) is 4.74 Å². The van der Waals surface area contributed by atoms with Gasteiger partial charge in [-0.3, -0.25) is 0 Å². The average molecular weight is 171 g/mol. The Labute approximate surface area is 69.2 Å². The standard InChI is InChI=1S/C7H9NO2S/c1-3-10-7(9)6-5(2)4-8-11-6/h4H,3H2,1-2H3. The second-order valence-corrected chi connectivity index (χ2v) is 2.86. The fourth-order valence-corrected chi connectivity index (χ4v) is 1.33. The molecule has 0 radical (unpaired) electrons. The topological polar surface area (TPSA) is 39.2 Å². The minimum Gasteiger partial charge on any atom is -0.462 e. The van der Waals surface area contributed by atoms with Crippen molar-refractivity contribution in [2.24, 2.45) is 0 Å². The maximum atomic E-state index is 11.1. The highest BCUT2D eigenvalue weighted by atomic mass is 32.1. The highest BCUT2D eigenvalue weighted by Crippen LogP contribution is 2.12. The van der Waals surface area contributed by atoms with Crippen molar-refractivity contribution >= 4 is 17.5 Å². The zero-order valence-corrected chi connectivity index (χ0v) is 7.27. The number of aryl methyl sites for hydroxylation is 1. The molecular formula is C7H9NO2S. The Morgan fingerprint density at radius 1 is 1.82 bits per heavy atom. The molecule has 0 amide bonds. The lowest BCUT2D eigenvalue weighted by atomic mass is 10.3. The number of ether oxygens (including phenoxy) is 1. The number of carbonyl (C=O) groups excluding carboxylic acids is 1. The van der Waals surface area contributed by atoms with Crippen LogP contribution in [0.15, 0.2) is 6.20 Å². The van der Waals surface area contributed by atoms with Crippen molar-refractivity contribution < 1.29 is 9.53 Å². The molecule has 60 valence electrons. The average Bonchev–Trinajstić information content (AvgIpc) is 2.36. The molecular weight excluding hydrogens is 162 g/mol. The van der Waals surface area contributed by atoms with Gasteiger partial charge in [-0.1, -0.05) is 0 Å². The van der Waals surface area contributed by atoms with E-state index in [4.69, 9.17) is 4.74 Å². The summed E-state index contributed by atoms with van der Waals surface area (Å²) < 4.78 is 8.66. The molecule has 0 fully saturated rings. The Balaban J connectivity index is 2.76. The van der Waals surface area contributed by atoms with Gasteiger partial charge < -0.3 is 4.74 Å². The molecule has 1 aromatic heterocycles. The van der Waals surface area contributed by atoms with Crippen LogP contribution >= 0.6 is 11.5 Å². The van der Waals surface area contributed by atoms with Gasteiger partial charge in [0.2, 0.25) is 0 Å². The van der Waals surface area contributed by atoms with E-state index in [1.165, 1.54) is 11.5 Å². The molecule has 0 N–H and O–H groups in total. The molecule has 1 rings (SSSR count). The lowest BCUT2D eigenvalue weighted by Gasteiger charge is -1.97. The number of rotatable bonds is 2. The molecule has 1 heterocycles. The molecule has 0 bridgehead atoms. The fraction of sp³-hybridized carbons (Fsp3) is 0.429.